The molecule has 1 atom stereocenters. The Hall–Kier alpha value is -0.930. The molecule has 0 radical (unpaired) electrons. The third kappa shape index (κ3) is 2.67. The van der Waals surface area contributed by atoms with Crippen molar-refractivity contribution in [3.63, 3.8) is 0 Å². The normalized spacial score (nSPS) is 21.1. The van der Waals surface area contributed by atoms with Crippen molar-refractivity contribution in [2.75, 3.05) is 13.2 Å². The molecule has 1 aliphatic heterocycles. The van der Waals surface area contributed by atoms with Crippen LogP contribution in [0.4, 0.5) is 4.39 Å². The van der Waals surface area contributed by atoms with Crippen molar-refractivity contribution >= 4 is 0 Å². The smallest absolute Gasteiger partial charge is 0.136 e. The number of alkyl halides is 1. The van der Waals surface area contributed by atoms with Crippen LogP contribution in [0.5, 0.6) is 0 Å². The number of halogens is 1. The Morgan fingerprint density at radius 3 is 2.41 bits per heavy atom. The second-order valence-electron chi connectivity index (χ2n) is 4.86. The van der Waals surface area contributed by atoms with Gasteiger partial charge in [-0.15, -0.1) is 0 Å². The van der Waals surface area contributed by atoms with Gasteiger partial charge in [0, 0.05) is 25.7 Å². The maximum absolute atomic E-state index is 14.9. The van der Waals surface area contributed by atoms with E-state index in [1.807, 2.05) is 24.3 Å². The molecule has 1 aromatic carbocycles. The van der Waals surface area contributed by atoms with Crippen molar-refractivity contribution in [2.24, 2.45) is 11.7 Å². The van der Waals surface area contributed by atoms with Gasteiger partial charge in [0.1, 0.15) is 5.67 Å². The lowest BCUT2D eigenvalue weighted by atomic mass is 9.80. The van der Waals surface area contributed by atoms with Gasteiger partial charge in [-0.05, 0) is 30.9 Å². The first-order valence-electron chi connectivity index (χ1n) is 6.20. The Balaban J connectivity index is 2.17. The molecule has 0 bridgehead atoms. The fourth-order valence-corrected chi connectivity index (χ4v) is 2.44. The minimum atomic E-state index is -1.27. The molecule has 94 valence electrons. The minimum absolute atomic E-state index is 0.0555. The van der Waals surface area contributed by atoms with Gasteiger partial charge in [0.25, 0.3) is 0 Å². The van der Waals surface area contributed by atoms with E-state index in [1.54, 1.807) is 6.92 Å². The highest BCUT2D eigenvalue weighted by Gasteiger charge is 2.36. The molecule has 1 fully saturated rings. The molecule has 1 saturated heterocycles. The first kappa shape index (κ1) is 12.5. The van der Waals surface area contributed by atoms with Crippen molar-refractivity contribution in [3.05, 3.63) is 35.4 Å². The minimum Gasteiger partial charge on any atom is -0.381 e. The Bertz CT molecular complexity index is 355. The van der Waals surface area contributed by atoms with Crippen LogP contribution in [-0.2, 0) is 17.0 Å². The van der Waals surface area contributed by atoms with Gasteiger partial charge in [-0.2, -0.15) is 0 Å². The largest absolute Gasteiger partial charge is 0.381 e. The van der Waals surface area contributed by atoms with E-state index in [1.165, 1.54) is 0 Å². The Labute approximate surface area is 102 Å². The van der Waals surface area contributed by atoms with Crippen molar-refractivity contribution in [1.82, 2.24) is 0 Å². The number of ether oxygens (including phenoxy) is 1. The SMILES string of the molecule is CC(F)(c1ccc(CN)cc1)C1CCOCC1. The van der Waals surface area contributed by atoms with Gasteiger partial charge in [-0.25, -0.2) is 4.39 Å². The lowest BCUT2D eigenvalue weighted by molar-refractivity contribution is -0.00499. The van der Waals surface area contributed by atoms with E-state index >= 15 is 0 Å². The molecular weight excluding hydrogens is 217 g/mol. The molecule has 0 aliphatic carbocycles. The molecule has 1 aromatic rings. The van der Waals surface area contributed by atoms with Crippen LogP contribution in [0.3, 0.4) is 0 Å². The zero-order valence-electron chi connectivity index (χ0n) is 10.3. The zero-order valence-corrected chi connectivity index (χ0v) is 10.3. The topological polar surface area (TPSA) is 35.2 Å². The fourth-order valence-electron chi connectivity index (χ4n) is 2.44. The number of hydrogen-bond acceptors (Lipinski definition) is 2. The molecule has 0 aromatic heterocycles. The maximum Gasteiger partial charge on any atom is 0.136 e. The van der Waals surface area contributed by atoms with E-state index in [-0.39, 0.29) is 5.92 Å². The predicted molar refractivity (Wildman–Crippen MR) is 66.3 cm³/mol. The first-order chi connectivity index (χ1) is 8.14. The third-order valence-corrected chi connectivity index (χ3v) is 3.74. The summed E-state index contributed by atoms with van der Waals surface area (Å²) >= 11 is 0. The van der Waals surface area contributed by atoms with Gasteiger partial charge in [0.15, 0.2) is 0 Å². The molecule has 0 saturated carbocycles. The molecule has 2 nitrogen and oxygen atoms in total. The van der Waals surface area contributed by atoms with E-state index in [4.69, 9.17) is 10.5 Å². The molecule has 2 N–H and O–H groups in total. The summed E-state index contributed by atoms with van der Waals surface area (Å²) in [6.07, 6.45) is 1.59. The van der Waals surface area contributed by atoms with Crippen LogP contribution < -0.4 is 5.73 Å². The summed E-state index contributed by atoms with van der Waals surface area (Å²) in [5.41, 5.74) is 6.06. The van der Waals surface area contributed by atoms with E-state index in [0.29, 0.717) is 19.8 Å². The van der Waals surface area contributed by atoms with Gasteiger partial charge >= 0.3 is 0 Å². The quantitative estimate of drug-likeness (QED) is 0.877. The second-order valence-corrected chi connectivity index (χ2v) is 4.86. The lowest BCUT2D eigenvalue weighted by Gasteiger charge is -2.33. The summed E-state index contributed by atoms with van der Waals surface area (Å²) in [6.45, 7) is 3.52. The molecule has 1 unspecified atom stereocenters. The van der Waals surface area contributed by atoms with E-state index in [2.05, 4.69) is 0 Å². The van der Waals surface area contributed by atoms with Gasteiger partial charge in [-0.1, -0.05) is 24.3 Å². The Kier molecular flexibility index (Phi) is 3.79. The number of nitrogens with two attached hydrogens (primary N) is 1. The lowest BCUT2D eigenvalue weighted by Crippen LogP contribution is -2.32. The average molecular weight is 237 g/mol. The molecule has 0 amide bonds. The van der Waals surface area contributed by atoms with Crippen molar-refractivity contribution in [1.29, 1.82) is 0 Å². The Morgan fingerprint density at radius 1 is 1.29 bits per heavy atom. The number of hydrogen-bond donors (Lipinski definition) is 1. The van der Waals surface area contributed by atoms with Gasteiger partial charge < -0.3 is 10.5 Å². The van der Waals surface area contributed by atoms with Crippen molar-refractivity contribution in [2.45, 2.75) is 32.0 Å². The fraction of sp³-hybridized carbons (Fsp3) is 0.571. The predicted octanol–water partition coefficient (Wildman–Crippen LogP) is 2.76. The maximum atomic E-state index is 14.9. The molecule has 1 aliphatic rings. The van der Waals surface area contributed by atoms with Crippen LogP contribution in [0, 0.1) is 5.92 Å². The van der Waals surface area contributed by atoms with Gasteiger partial charge in [-0.3, -0.25) is 0 Å². The monoisotopic (exact) mass is 237 g/mol. The average Bonchev–Trinajstić information content (AvgIpc) is 2.40. The van der Waals surface area contributed by atoms with Crippen molar-refractivity contribution < 1.29 is 9.13 Å². The molecule has 2 rings (SSSR count). The van der Waals surface area contributed by atoms with Crippen LogP contribution in [0.2, 0.25) is 0 Å². The summed E-state index contributed by atoms with van der Waals surface area (Å²) < 4.78 is 20.1. The summed E-state index contributed by atoms with van der Waals surface area (Å²) in [7, 11) is 0. The highest BCUT2D eigenvalue weighted by atomic mass is 19.1. The zero-order chi connectivity index (χ0) is 12.3. The highest BCUT2D eigenvalue weighted by Crippen LogP contribution is 2.39. The van der Waals surface area contributed by atoms with Gasteiger partial charge in [0.05, 0.1) is 0 Å². The standard InChI is InChI=1S/C14H20FNO/c1-14(15,13-6-8-17-9-7-13)12-4-2-11(10-16)3-5-12/h2-5,13H,6-10,16H2,1H3. The van der Waals surface area contributed by atoms with E-state index < -0.39 is 5.67 Å². The molecule has 3 heteroatoms. The van der Waals surface area contributed by atoms with Crippen LogP contribution in [-0.4, -0.2) is 13.2 Å². The summed E-state index contributed by atoms with van der Waals surface area (Å²) in [5, 5.41) is 0. The van der Waals surface area contributed by atoms with Gasteiger partial charge in [0.2, 0.25) is 0 Å². The molecule has 17 heavy (non-hydrogen) atoms. The molecule has 1 heterocycles. The first-order valence-corrected chi connectivity index (χ1v) is 6.20. The summed E-state index contributed by atoms with van der Waals surface area (Å²) in [6, 6.07) is 7.54. The van der Waals surface area contributed by atoms with E-state index in [0.717, 1.165) is 24.0 Å². The van der Waals surface area contributed by atoms with Crippen LogP contribution >= 0.6 is 0 Å². The summed E-state index contributed by atoms with van der Waals surface area (Å²) in [4.78, 5) is 0. The van der Waals surface area contributed by atoms with Crippen LogP contribution in [0.1, 0.15) is 30.9 Å². The Morgan fingerprint density at radius 2 is 1.88 bits per heavy atom. The third-order valence-electron chi connectivity index (χ3n) is 3.74. The highest BCUT2D eigenvalue weighted by molar-refractivity contribution is 5.27. The second kappa shape index (κ2) is 5.15. The molecular formula is C14H20FNO. The number of rotatable bonds is 3. The van der Waals surface area contributed by atoms with Crippen molar-refractivity contribution in [3.8, 4) is 0 Å². The van der Waals surface area contributed by atoms with Crippen LogP contribution in [0.15, 0.2) is 24.3 Å². The number of benzene rings is 1. The van der Waals surface area contributed by atoms with E-state index in [9.17, 15) is 4.39 Å². The molecule has 0 spiro atoms. The summed E-state index contributed by atoms with van der Waals surface area (Å²) in [5.74, 6) is 0.0555. The van der Waals surface area contributed by atoms with Crippen LogP contribution in [0.25, 0.3) is 0 Å².